The Balaban J connectivity index is 1.83. The summed E-state index contributed by atoms with van der Waals surface area (Å²) in [4.78, 5) is 24.0. The Morgan fingerprint density at radius 3 is 2.70 bits per heavy atom. The van der Waals surface area contributed by atoms with Crippen molar-refractivity contribution < 1.29 is 14.7 Å². The Bertz CT molecular complexity index is 599. The number of aliphatic hydroxyl groups is 1. The molecule has 1 aromatic carbocycles. The fourth-order valence-electron chi connectivity index (χ4n) is 2.33. The summed E-state index contributed by atoms with van der Waals surface area (Å²) in [6, 6.07) is 9.28. The number of carbonyl (C=O) groups is 2. The minimum absolute atomic E-state index is 0.0598. The number of hydrogen-bond acceptors (Lipinski definition) is 4. The van der Waals surface area contributed by atoms with Gasteiger partial charge in [-0.05, 0) is 17.9 Å². The van der Waals surface area contributed by atoms with Crippen LogP contribution in [-0.4, -0.2) is 28.7 Å². The zero-order valence-electron chi connectivity index (χ0n) is 13.3. The van der Waals surface area contributed by atoms with Gasteiger partial charge in [0, 0.05) is 6.54 Å². The second-order valence-corrected chi connectivity index (χ2v) is 6.91. The number of aliphatic hydroxyl groups excluding tert-OH is 1. The van der Waals surface area contributed by atoms with Crippen molar-refractivity contribution in [3.63, 3.8) is 0 Å². The van der Waals surface area contributed by atoms with Gasteiger partial charge in [0.25, 0.3) is 5.91 Å². The lowest BCUT2D eigenvalue weighted by atomic mass is 10.0. The monoisotopic (exact) mass is 334 g/mol. The van der Waals surface area contributed by atoms with Crippen molar-refractivity contribution in [2.24, 2.45) is 5.92 Å². The van der Waals surface area contributed by atoms with E-state index in [1.807, 2.05) is 44.2 Å². The predicted molar refractivity (Wildman–Crippen MR) is 91.8 cm³/mol. The minimum Gasteiger partial charge on any atom is -0.509 e. The standard InChI is InChI=1S/C17H22N2O3S/c1-11(2)8-13-15(21)16(17(22)19-13)23-10-14(20)18-9-12-6-4-3-5-7-12/h3-7,11,13,21H,8-10H2,1-2H3,(H,18,20)(H,19,22). The van der Waals surface area contributed by atoms with Gasteiger partial charge >= 0.3 is 0 Å². The van der Waals surface area contributed by atoms with Crippen molar-refractivity contribution >= 4 is 23.6 Å². The first-order chi connectivity index (χ1) is 11.0. The van der Waals surface area contributed by atoms with Gasteiger partial charge in [-0.2, -0.15) is 0 Å². The Kier molecular flexibility index (Phi) is 6.10. The predicted octanol–water partition coefficient (Wildman–Crippen LogP) is 2.35. The van der Waals surface area contributed by atoms with Gasteiger partial charge in [0.2, 0.25) is 5.91 Å². The number of thioether (sulfide) groups is 1. The summed E-state index contributed by atoms with van der Waals surface area (Å²) in [6.07, 6.45) is 0.682. The van der Waals surface area contributed by atoms with Crippen LogP contribution < -0.4 is 10.6 Å². The minimum atomic E-state index is -0.336. The van der Waals surface area contributed by atoms with E-state index in [0.29, 0.717) is 18.9 Å². The van der Waals surface area contributed by atoms with Gasteiger partial charge in [-0.15, -0.1) is 11.8 Å². The average Bonchev–Trinajstić information content (AvgIpc) is 2.77. The van der Waals surface area contributed by atoms with Gasteiger partial charge in [0.05, 0.1) is 11.8 Å². The van der Waals surface area contributed by atoms with Crippen LogP contribution in [0, 0.1) is 5.92 Å². The summed E-state index contributed by atoms with van der Waals surface area (Å²) in [7, 11) is 0. The molecule has 1 heterocycles. The zero-order valence-corrected chi connectivity index (χ0v) is 14.2. The third-order valence-corrected chi connectivity index (χ3v) is 4.55. The van der Waals surface area contributed by atoms with Crippen molar-refractivity contribution in [3.05, 3.63) is 46.6 Å². The highest BCUT2D eigenvalue weighted by Crippen LogP contribution is 2.28. The molecule has 2 rings (SSSR count). The topological polar surface area (TPSA) is 78.4 Å². The summed E-state index contributed by atoms with van der Waals surface area (Å²) in [6.45, 7) is 4.51. The lowest BCUT2D eigenvalue weighted by Crippen LogP contribution is -2.30. The van der Waals surface area contributed by atoms with E-state index in [-0.39, 0.29) is 34.3 Å². The third kappa shape index (κ3) is 5.03. The molecule has 1 aromatic rings. The van der Waals surface area contributed by atoms with E-state index in [1.165, 1.54) is 0 Å². The molecule has 0 saturated heterocycles. The van der Waals surface area contributed by atoms with Gasteiger partial charge in [0.15, 0.2) is 0 Å². The summed E-state index contributed by atoms with van der Waals surface area (Å²) in [5.74, 6) is 0.0624. The van der Waals surface area contributed by atoms with Crippen molar-refractivity contribution in [2.45, 2.75) is 32.9 Å². The first-order valence-electron chi connectivity index (χ1n) is 7.64. The Morgan fingerprint density at radius 1 is 1.35 bits per heavy atom. The van der Waals surface area contributed by atoms with Crippen LogP contribution in [0.4, 0.5) is 0 Å². The summed E-state index contributed by atoms with van der Waals surface area (Å²) in [5, 5.41) is 15.7. The van der Waals surface area contributed by atoms with E-state index in [1.54, 1.807) is 0 Å². The average molecular weight is 334 g/mol. The van der Waals surface area contributed by atoms with Crippen molar-refractivity contribution in [2.75, 3.05) is 5.75 Å². The van der Waals surface area contributed by atoms with Crippen molar-refractivity contribution in [1.82, 2.24) is 10.6 Å². The van der Waals surface area contributed by atoms with Gasteiger partial charge in [-0.25, -0.2) is 0 Å². The summed E-state index contributed by atoms with van der Waals surface area (Å²) >= 11 is 1.08. The smallest absolute Gasteiger partial charge is 0.261 e. The molecule has 0 spiro atoms. The fourth-order valence-corrected chi connectivity index (χ4v) is 3.19. The molecule has 5 nitrogen and oxygen atoms in total. The molecule has 1 aliphatic rings. The lowest BCUT2D eigenvalue weighted by Gasteiger charge is -2.12. The second-order valence-electron chi connectivity index (χ2n) is 5.92. The van der Waals surface area contributed by atoms with Crippen molar-refractivity contribution in [3.8, 4) is 0 Å². The maximum atomic E-state index is 11.9. The van der Waals surface area contributed by atoms with E-state index < -0.39 is 0 Å². The molecule has 0 aliphatic carbocycles. The molecular formula is C17H22N2O3S. The molecule has 3 N–H and O–H groups in total. The van der Waals surface area contributed by atoms with Gasteiger partial charge in [-0.3, -0.25) is 9.59 Å². The number of amides is 2. The highest BCUT2D eigenvalue weighted by atomic mass is 32.2. The molecule has 1 unspecified atom stereocenters. The quantitative estimate of drug-likeness (QED) is 0.715. The molecule has 0 fully saturated rings. The lowest BCUT2D eigenvalue weighted by molar-refractivity contribution is -0.118. The molecule has 1 aliphatic heterocycles. The summed E-state index contributed by atoms with van der Waals surface area (Å²) < 4.78 is 0. The van der Waals surface area contributed by atoms with Gasteiger partial charge < -0.3 is 15.7 Å². The molecular weight excluding hydrogens is 312 g/mol. The van der Waals surface area contributed by atoms with Crippen LogP contribution in [0.25, 0.3) is 0 Å². The van der Waals surface area contributed by atoms with E-state index in [2.05, 4.69) is 10.6 Å². The maximum absolute atomic E-state index is 11.9. The fraction of sp³-hybridized carbons (Fsp3) is 0.412. The molecule has 2 amide bonds. The highest BCUT2D eigenvalue weighted by Gasteiger charge is 2.32. The van der Waals surface area contributed by atoms with E-state index in [0.717, 1.165) is 17.3 Å². The molecule has 0 saturated carbocycles. The van der Waals surface area contributed by atoms with E-state index >= 15 is 0 Å². The molecule has 0 radical (unpaired) electrons. The SMILES string of the molecule is CC(C)CC1NC(=O)C(SCC(=O)NCc2ccccc2)=C1O. The van der Waals surface area contributed by atoms with Crippen LogP contribution in [0.15, 0.2) is 41.0 Å². The molecule has 0 bridgehead atoms. The molecule has 124 valence electrons. The van der Waals surface area contributed by atoms with Crippen LogP contribution >= 0.6 is 11.8 Å². The van der Waals surface area contributed by atoms with Crippen LogP contribution in [0.5, 0.6) is 0 Å². The maximum Gasteiger partial charge on any atom is 0.261 e. The van der Waals surface area contributed by atoms with Gasteiger partial charge in [0.1, 0.15) is 10.7 Å². The molecule has 6 heteroatoms. The number of benzene rings is 1. The molecule has 1 atom stereocenters. The van der Waals surface area contributed by atoms with Crippen molar-refractivity contribution in [1.29, 1.82) is 0 Å². The number of hydrogen-bond donors (Lipinski definition) is 3. The normalized spacial score (nSPS) is 17.5. The first kappa shape index (κ1) is 17.4. The Hall–Kier alpha value is -1.95. The van der Waals surface area contributed by atoms with Gasteiger partial charge in [-0.1, -0.05) is 44.2 Å². The number of carbonyl (C=O) groups excluding carboxylic acids is 2. The first-order valence-corrected chi connectivity index (χ1v) is 8.63. The second kappa shape index (κ2) is 8.06. The molecule has 23 heavy (non-hydrogen) atoms. The third-order valence-electron chi connectivity index (χ3n) is 3.46. The van der Waals surface area contributed by atoms with Crippen LogP contribution in [0.1, 0.15) is 25.8 Å². The zero-order chi connectivity index (χ0) is 16.8. The largest absolute Gasteiger partial charge is 0.509 e. The number of rotatable bonds is 7. The molecule has 0 aromatic heterocycles. The van der Waals surface area contributed by atoms with Crippen LogP contribution in [-0.2, 0) is 16.1 Å². The Morgan fingerprint density at radius 2 is 2.04 bits per heavy atom. The van der Waals surface area contributed by atoms with E-state index in [4.69, 9.17) is 0 Å². The Labute approximate surface area is 140 Å². The summed E-state index contributed by atoms with van der Waals surface area (Å²) in [5.41, 5.74) is 1.02. The van der Waals surface area contributed by atoms with E-state index in [9.17, 15) is 14.7 Å². The number of nitrogens with one attached hydrogen (secondary N) is 2. The van der Waals surface area contributed by atoms with Crippen LogP contribution in [0.2, 0.25) is 0 Å². The van der Waals surface area contributed by atoms with Crippen LogP contribution in [0.3, 0.4) is 0 Å². The highest BCUT2D eigenvalue weighted by molar-refractivity contribution is 8.04.